The third-order valence-electron chi connectivity index (χ3n) is 6.48. The van der Waals surface area contributed by atoms with Crippen molar-refractivity contribution in [2.24, 2.45) is 16.2 Å². The Morgan fingerprint density at radius 2 is 1.78 bits per heavy atom. The molecule has 0 aromatic heterocycles. The van der Waals surface area contributed by atoms with Crippen molar-refractivity contribution in [1.82, 2.24) is 0 Å². The molecule has 6 heteroatoms. The van der Waals surface area contributed by atoms with Crippen molar-refractivity contribution in [3.05, 3.63) is 34.4 Å². The molecule has 2 fully saturated rings. The van der Waals surface area contributed by atoms with Crippen molar-refractivity contribution in [1.29, 1.82) is 0 Å². The lowest BCUT2D eigenvalue weighted by molar-refractivity contribution is -0.384. The van der Waals surface area contributed by atoms with Crippen molar-refractivity contribution in [2.45, 2.75) is 40.0 Å². The number of nitro benzene ring substituents is 1. The Kier molecular flexibility index (Phi) is 3.15. The molecule has 0 unspecified atom stereocenters. The second-order valence-corrected chi connectivity index (χ2v) is 7.40. The molecule has 1 N–H and O–H groups in total. The quantitative estimate of drug-likeness (QED) is 0.684. The van der Waals surface area contributed by atoms with Gasteiger partial charge in [0.25, 0.3) is 5.69 Å². The normalized spacial score (nSPS) is 31.2. The molecule has 1 amide bonds. The maximum atomic E-state index is 12.9. The van der Waals surface area contributed by atoms with Gasteiger partial charge in [0, 0.05) is 29.7 Å². The summed E-state index contributed by atoms with van der Waals surface area (Å²) in [5.41, 5.74) is -1.05. The average molecular weight is 316 g/mol. The molecule has 23 heavy (non-hydrogen) atoms. The summed E-state index contributed by atoms with van der Waals surface area (Å²) in [6.45, 7) is 5.96. The highest BCUT2D eigenvalue weighted by Gasteiger charge is 2.72. The van der Waals surface area contributed by atoms with Crippen LogP contribution in [0.4, 0.5) is 11.4 Å². The van der Waals surface area contributed by atoms with Crippen LogP contribution in [-0.2, 0) is 9.59 Å². The lowest BCUT2D eigenvalue weighted by atomic mass is 9.64. The Balaban J connectivity index is 1.86. The summed E-state index contributed by atoms with van der Waals surface area (Å²) in [6.07, 6.45) is 1.70. The van der Waals surface area contributed by atoms with Crippen LogP contribution in [0.2, 0.25) is 0 Å². The fourth-order valence-corrected chi connectivity index (χ4v) is 4.28. The molecule has 1 aromatic rings. The molecule has 1 aromatic carbocycles. The van der Waals surface area contributed by atoms with Crippen LogP contribution >= 0.6 is 0 Å². The van der Waals surface area contributed by atoms with Crippen LogP contribution in [0.3, 0.4) is 0 Å². The molecule has 3 rings (SSSR count). The second-order valence-electron chi connectivity index (χ2n) is 7.40. The van der Waals surface area contributed by atoms with Gasteiger partial charge in [-0.15, -0.1) is 0 Å². The molecule has 2 saturated carbocycles. The minimum Gasteiger partial charge on any atom is -0.326 e. The van der Waals surface area contributed by atoms with Gasteiger partial charge in [-0.25, -0.2) is 0 Å². The fourth-order valence-electron chi connectivity index (χ4n) is 4.28. The first-order valence-electron chi connectivity index (χ1n) is 7.73. The van der Waals surface area contributed by atoms with E-state index in [2.05, 4.69) is 5.32 Å². The summed E-state index contributed by atoms with van der Waals surface area (Å²) in [4.78, 5) is 35.5. The van der Waals surface area contributed by atoms with Crippen LogP contribution in [-0.4, -0.2) is 16.6 Å². The van der Waals surface area contributed by atoms with Gasteiger partial charge in [-0.2, -0.15) is 0 Å². The van der Waals surface area contributed by atoms with Crippen molar-refractivity contribution in [2.75, 3.05) is 5.32 Å². The Hall–Kier alpha value is -2.24. The standard InChI is InChI=1S/C17H20N2O4/c1-15(2)16(3)8-9-17(15,10-13(16)20)14(21)18-11-4-6-12(7-5-11)19(22)23/h4-7H,8-10H2,1-3H3,(H,18,21)/t16-,17-/m0/s1. The third-order valence-corrected chi connectivity index (χ3v) is 6.48. The zero-order chi connectivity index (χ0) is 17.0. The monoisotopic (exact) mass is 316 g/mol. The van der Waals surface area contributed by atoms with Gasteiger partial charge in [0.2, 0.25) is 5.91 Å². The number of nitro groups is 1. The second kappa shape index (κ2) is 4.63. The summed E-state index contributed by atoms with van der Waals surface area (Å²) < 4.78 is 0. The van der Waals surface area contributed by atoms with Crippen LogP contribution < -0.4 is 5.32 Å². The number of nitrogens with one attached hydrogen (secondary N) is 1. The molecule has 0 heterocycles. The zero-order valence-electron chi connectivity index (χ0n) is 13.5. The molecule has 2 bridgehead atoms. The number of hydrogen-bond donors (Lipinski definition) is 1. The van der Waals surface area contributed by atoms with Crippen molar-refractivity contribution >= 4 is 23.1 Å². The lowest BCUT2D eigenvalue weighted by Crippen LogP contribution is -2.43. The number of carbonyl (C=O) groups excluding carboxylic acids is 2. The van der Waals surface area contributed by atoms with E-state index in [1.165, 1.54) is 24.3 Å². The van der Waals surface area contributed by atoms with E-state index in [-0.39, 0.29) is 23.8 Å². The van der Waals surface area contributed by atoms with E-state index in [0.29, 0.717) is 12.1 Å². The Morgan fingerprint density at radius 1 is 1.17 bits per heavy atom. The van der Waals surface area contributed by atoms with Crippen LogP contribution in [0.5, 0.6) is 0 Å². The van der Waals surface area contributed by atoms with Gasteiger partial charge in [0.1, 0.15) is 5.78 Å². The largest absolute Gasteiger partial charge is 0.326 e. The van der Waals surface area contributed by atoms with Crippen LogP contribution in [0.25, 0.3) is 0 Å². The van der Waals surface area contributed by atoms with Gasteiger partial charge >= 0.3 is 0 Å². The average Bonchev–Trinajstić information content (AvgIpc) is 2.78. The lowest BCUT2D eigenvalue weighted by Gasteiger charge is -2.38. The van der Waals surface area contributed by atoms with Crippen molar-refractivity contribution in [3.8, 4) is 0 Å². The van der Waals surface area contributed by atoms with Crippen LogP contribution in [0.15, 0.2) is 24.3 Å². The highest BCUT2D eigenvalue weighted by atomic mass is 16.6. The highest BCUT2D eigenvalue weighted by Crippen LogP contribution is 2.70. The summed E-state index contributed by atoms with van der Waals surface area (Å²) in [7, 11) is 0. The van der Waals surface area contributed by atoms with E-state index in [0.717, 1.165) is 6.42 Å². The Labute approximate surface area is 134 Å². The number of fused-ring (bicyclic) bond motifs is 2. The van der Waals surface area contributed by atoms with Gasteiger partial charge in [0.15, 0.2) is 0 Å². The van der Waals surface area contributed by atoms with Crippen LogP contribution in [0.1, 0.15) is 40.0 Å². The minimum absolute atomic E-state index is 0.0222. The summed E-state index contributed by atoms with van der Waals surface area (Å²) in [6, 6.07) is 5.75. The predicted molar refractivity (Wildman–Crippen MR) is 84.9 cm³/mol. The number of amides is 1. The number of rotatable bonds is 3. The van der Waals surface area contributed by atoms with E-state index in [1.807, 2.05) is 20.8 Å². The number of hydrogen-bond acceptors (Lipinski definition) is 4. The van der Waals surface area contributed by atoms with Gasteiger partial charge in [-0.1, -0.05) is 20.8 Å². The SMILES string of the molecule is CC1(C)[C@@]2(C(=O)Nc3ccc([N+](=O)[O-])cc3)CC[C@@]1(C)C(=O)C2. The van der Waals surface area contributed by atoms with E-state index < -0.39 is 21.2 Å². The van der Waals surface area contributed by atoms with E-state index in [4.69, 9.17) is 0 Å². The number of non-ortho nitro benzene ring substituents is 1. The first-order chi connectivity index (χ1) is 10.6. The molecule has 2 aliphatic rings. The number of carbonyl (C=O) groups is 2. The molecule has 6 nitrogen and oxygen atoms in total. The summed E-state index contributed by atoms with van der Waals surface area (Å²) in [5, 5.41) is 13.5. The Bertz CT molecular complexity index is 710. The molecule has 0 saturated heterocycles. The van der Waals surface area contributed by atoms with Crippen molar-refractivity contribution in [3.63, 3.8) is 0 Å². The maximum absolute atomic E-state index is 12.9. The first kappa shape index (κ1) is 15.6. The smallest absolute Gasteiger partial charge is 0.269 e. The number of nitrogens with zero attached hydrogens (tertiary/aromatic N) is 1. The fraction of sp³-hybridized carbons (Fsp3) is 0.529. The van der Waals surface area contributed by atoms with Gasteiger partial charge in [-0.05, 0) is 30.4 Å². The van der Waals surface area contributed by atoms with Gasteiger partial charge in [-0.3, -0.25) is 19.7 Å². The first-order valence-corrected chi connectivity index (χ1v) is 7.73. The van der Waals surface area contributed by atoms with E-state index >= 15 is 0 Å². The predicted octanol–water partition coefficient (Wildman–Crippen LogP) is 3.32. The van der Waals surface area contributed by atoms with Crippen LogP contribution in [0, 0.1) is 26.4 Å². The molecule has 0 radical (unpaired) electrons. The Morgan fingerprint density at radius 3 is 2.22 bits per heavy atom. The van der Waals surface area contributed by atoms with Gasteiger partial charge in [0.05, 0.1) is 10.3 Å². The molecule has 0 aliphatic heterocycles. The molecular weight excluding hydrogens is 296 g/mol. The van der Waals surface area contributed by atoms with E-state index in [1.54, 1.807) is 0 Å². The van der Waals surface area contributed by atoms with Gasteiger partial charge < -0.3 is 5.32 Å². The molecule has 2 aliphatic carbocycles. The topological polar surface area (TPSA) is 89.3 Å². The number of benzene rings is 1. The third kappa shape index (κ3) is 1.87. The zero-order valence-corrected chi connectivity index (χ0v) is 13.5. The molecule has 0 spiro atoms. The number of anilines is 1. The molecular formula is C17H20N2O4. The minimum atomic E-state index is -0.694. The molecule has 2 atom stereocenters. The number of Topliss-reactive ketones (excluding diaryl/α,β-unsaturated/α-hetero) is 1. The molecule has 122 valence electrons. The summed E-state index contributed by atoms with van der Waals surface area (Å²) >= 11 is 0. The van der Waals surface area contributed by atoms with Crippen molar-refractivity contribution < 1.29 is 14.5 Å². The van der Waals surface area contributed by atoms with E-state index in [9.17, 15) is 19.7 Å². The highest BCUT2D eigenvalue weighted by molar-refractivity contribution is 6.04. The summed E-state index contributed by atoms with van der Waals surface area (Å²) in [5.74, 6) is -0.00136. The number of ketones is 1. The maximum Gasteiger partial charge on any atom is 0.269 e.